The van der Waals surface area contributed by atoms with Gasteiger partial charge in [0.15, 0.2) is 0 Å². The fourth-order valence-corrected chi connectivity index (χ4v) is 2.09. The van der Waals surface area contributed by atoms with Crippen molar-refractivity contribution in [3.05, 3.63) is 64.7 Å². The van der Waals surface area contributed by atoms with E-state index in [-0.39, 0.29) is 17.3 Å². The van der Waals surface area contributed by atoms with Crippen molar-refractivity contribution < 1.29 is 18.7 Å². The van der Waals surface area contributed by atoms with Crippen molar-refractivity contribution in [2.45, 2.75) is 12.5 Å². The van der Waals surface area contributed by atoms with Crippen molar-refractivity contribution in [1.29, 1.82) is 0 Å². The maximum Gasteiger partial charge on any atom is 0.319 e. The Morgan fingerprint density at radius 3 is 2.43 bits per heavy atom. The first kappa shape index (κ1) is 17.2. The second kappa shape index (κ2) is 6.93. The molecule has 0 saturated carbocycles. The van der Waals surface area contributed by atoms with E-state index in [4.69, 9.17) is 11.6 Å². The highest BCUT2D eigenvalue weighted by Crippen LogP contribution is 2.23. The summed E-state index contributed by atoms with van der Waals surface area (Å²) in [4.78, 5) is 11.8. The number of halogens is 3. The number of benzene rings is 2. The Hall–Kier alpha value is -2.18. The van der Waals surface area contributed by atoms with Gasteiger partial charge in [-0.1, -0.05) is 23.7 Å². The third-order valence-corrected chi connectivity index (χ3v) is 3.57. The van der Waals surface area contributed by atoms with E-state index in [0.29, 0.717) is 5.56 Å². The van der Waals surface area contributed by atoms with Crippen LogP contribution >= 0.6 is 11.6 Å². The molecular formula is C16H15ClF2N2O2. The van der Waals surface area contributed by atoms with Crippen LogP contribution < -0.4 is 10.6 Å². The molecule has 2 amide bonds. The number of aliphatic hydroxyl groups is 1. The monoisotopic (exact) mass is 340 g/mol. The van der Waals surface area contributed by atoms with Gasteiger partial charge in [-0.3, -0.25) is 0 Å². The van der Waals surface area contributed by atoms with Gasteiger partial charge in [0.25, 0.3) is 0 Å². The lowest BCUT2D eigenvalue weighted by Gasteiger charge is -2.24. The van der Waals surface area contributed by atoms with Crippen LogP contribution in [0.4, 0.5) is 19.3 Å². The Balaban J connectivity index is 1.98. The Morgan fingerprint density at radius 2 is 1.78 bits per heavy atom. The summed E-state index contributed by atoms with van der Waals surface area (Å²) in [6, 6.07) is 8.22. The molecule has 2 rings (SSSR count). The highest BCUT2D eigenvalue weighted by Gasteiger charge is 2.24. The molecule has 1 atom stereocenters. The third kappa shape index (κ3) is 4.64. The summed E-state index contributed by atoms with van der Waals surface area (Å²) in [5.74, 6) is -0.959. The van der Waals surface area contributed by atoms with Gasteiger partial charge in [-0.2, -0.15) is 0 Å². The second-order valence-electron chi connectivity index (χ2n) is 5.21. The molecule has 0 aliphatic heterocycles. The predicted octanol–water partition coefficient (Wildman–Crippen LogP) is 3.65. The Labute approximate surface area is 137 Å². The summed E-state index contributed by atoms with van der Waals surface area (Å²) in [5, 5.41) is 15.4. The zero-order valence-electron chi connectivity index (χ0n) is 12.2. The molecule has 0 spiro atoms. The van der Waals surface area contributed by atoms with Gasteiger partial charge in [-0.25, -0.2) is 13.6 Å². The minimum Gasteiger partial charge on any atom is -0.384 e. The molecule has 0 saturated heterocycles. The largest absolute Gasteiger partial charge is 0.384 e. The van der Waals surface area contributed by atoms with E-state index < -0.39 is 23.3 Å². The molecule has 0 aliphatic rings. The lowest BCUT2D eigenvalue weighted by molar-refractivity contribution is 0.0599. The van der Waals surface area contributed by atoms with Gasteiger partial charge in [-0.15, -0.1) is 0 Å². The molecule has 7 heteroatoms. The summed E-state index contributed by atoms with van der Waals surface area (Å²) in [7, 11) is 0. The van der Waals surface area contributed by atoms with Crippen molar-refractivity contribution in [2.24, 2.45) is 0 Å². The topological polar surface area (TPSA) is 61.4 Å². The Kier molecular flexibility index (Phi) is 5.18. The zero-order chi connectivity index (χ0) is 17.0. The molecule has 0 bridgehead atoms. The van der Waals surface area contributed by atoms with Crippen LogP contribution in [0.3, 0.4) is 0 Å². The van der Waals surface area contributed by atoms with Gasteiger partial charge >= 0.3 is 6.03 Å². The number of carbonyl (C=O) groups excluding carboxylic acids is 1. The molecule has 2 aromatic rings. The molecule has 1 unspecified atom stereocenters. The number of hydrogen-bond donors (Lipinski definition) is 3. The van der Waals surface area contributed by atoms with Crippen LogP contribution in [0.15, 0.2) is 42.5 Å². The molecule has 23 heavy (non-hydrogen) atoms. The highest BCUT2D eigenvalue weighted by molar-refractivity contribution is 6.33. The SMILES string of the molecule is CC(O)(CNC(=O)Nc1cc(F)ccc1Cl)c1ccc(F)cc1. The van der Waals surface area contributed by atoms with Gasteiger partial charge in [0, 0.05) is 0 Å². The van der Waals surface area contributed by atoms with Crippen LogP contribution in [0, 0.1) is 11.6 Å². The standard InChI is InChI=1S/C16H15ClF2N2O2/c1-16(23,10-2-4-11(18)5-3-10)9-20-15(22)21-14-8-12(19)6-7-13(14)17/h2-8,23H,9H2,1H3,(H2,20,21,22). The molecule has 2 aromatic carbocycles. The maximum absolute atomic E-state index is 13.1. The molecule has 0 radical (unpaired) electrons. The van der Waals surface area contributed by atoms with E-state index in [9.17, 15) is 18.7 Å². The van der Waals surface area contributed by atoms with Crippen LogP contribution in [0.2, 0.25) is 5.02 Å². The fourth-order valence-electron chi connectivity index (χ4n) is 1.92. The smallest absolute Gasteiger partial charge is 0.319 e. The summed E-state index contributed by atoms with van der Waals surface area (Å²) in [6.07, 6.45) is 0. The normalized spacial score (nSPS) is 13.3. The number of urea groups is 1. The predicted molar refractivity (Wildman–Crippen MR) is 84.4 cm³/mol. The average Bonchev–Trinajstić information content (AvgIpc) is 2.49. The maximum atomic E-state index is 13.1. The molecule has 0 aromatic heterocycles. The number of nitrogens with one attached hydrogen (secondary N) is 2. The van der Waals surface area contributed by atoms with Crippen molar-refractivity contribution in [3.8, 4) is 0 Å². The summed E-state index contributed by atoms with van der Waals surface area (Å²) < 4.78 is 26.0. The lowest BCUT2D eigenvalue weighted by Crippen LogP contribution is -2.40. The second-order valence-corrected chi connectivity index (χ2v) is 5.62. The molecule has 4 nitrogen and oxygen atoms in total. The van der Waals surface area contributed by atoms with Gasteiger partial charge in [0.2, 0.25) is 0 Å². The summed E-state index contributed by atoms with van der Waals surface area (Å²) >= 11 is 5.85. The fraction of sp³-hybridized carbons (Fsp3) is 0.188. The minimum absolute atomic E-state index is 0.116. The number of hydrogen-bond acceptors (Lipinski definition) is 2. The average molecular weight is 341 g/mol. The molecule has 0 fully saturated rings. The lowest BCUT2D eigenvalue weighted by atomic mass is 9.96. The Bertz CT molecular complexity index is 706. The summed E-state index contributed by atoms with van der Waals surface area (Å²) in [5.41, 5.74) is -0.829. The van der Waals surface area contributed by atoms with Crippen molar-refractivity contribution in [1.82, 2.24) is 5.32 Å². The first-order chi connectivity index (χ1) is 10.8. The third-order valence-electron chi connectivity index (χ3n) is 3.24. The molecule has 3 N–H and O–H groups in total. The van der Waals surface area contributed by atoms with E-state index in [0.717, 1.165) is 6.07 Å². The van der Waals surface area contributed by atoms with Crippen LogP contribution in [-0.4, -0.2) is 17.7 Å². The first-order valence-corrected chi connectivity index (χ1v) is 7.14. The van der Waals surface area contributed by atoms with Crippen LogP contribution in [0.5, 0.6) is 0 Å². The molecule has 0 aliphatic carbocycles. The first-order valence-electron chi connectivity index (χ1n) is 6.76. The summed E-state index contributed by atoms with van der Waals surface area (Å²) in [6.45, 7) is 1.35. The van der Waals surface area contributed by atoms with Crippen molar-refractivity contribution in [2.75, 3.05) is 11.9 Å². The number of carbonyl (C=O) groups is 1. The van der Waals surface area contributed by atoms with Crippen LogP contribution in [0.25, 0.3) is 0 Å². The van der Waals surface area contributed by atoms with Crippen LogP contribution in [-0.2, 0) is 5.60 Å². The van der Waals surface area contributed by atoms with Gasteiger partial charge in [-0.05, 0) is 42.8 Å². The van der Waals surface area contributed by atoms with Gasteiger partial charge in [0.1, 0.15) is 17.2 Å². The highest BCUT2D eigenvalue weighted by atomic mass is 35.5. The quantitative estimate of drug-likeness (QED) is 0.795. The Morgan fingerprint density at radius 1 is 1.17 bits per heavy atom. The van der Waals surface area contributed by atoms with Gasteiger partial charge < -0.3 is 15.7 Å². The van der Waals surface area contributed by atoms with E-state index >= 15 is 0 Å². The molecular weight excluding hydrogens is 326 g/mol. The van der Waals surface area contributed by atoms with Gasteiger partial charge in [0.05, 0.1) is 17.3 Å². The van der Waals surface area contributed by atoms with Crippen LogP contribution in [0.1, 0.15) is 12.5 Å². The van der Waals surface area contributed by atoms with E-state index in [1.165, 1.54) is 43.3 Å². The van der Waals surface area contributed by atoms with E-state index in [2.05, 4.69) is 10.6 Å². The van der Waals surface area contributed by atoms with E-state index in [1.807, 2.05) is 0 Å². The molecule has 122 valence electrons. The van der Waals surface area contributed by atoms with E-state index in [1.54, 1.807) is 0 Å². The minimum atomic E-state index is -1.39. The number of rotatable bonds is 4. The number of amides is 2. The zero-order valence-corrected chi connectivity index (χ0v) is 13.0. The van der Waals surface area contributed by atoms with Crippen molar-refractivity contribution in [3.63, 3.8) is 0 Å². The van der Waals surface area contributed by atoms with Crippen molar-refractivity contribution >= 4 is 23.3 Å². The molecule has 0 heterocycles. The number of anilines is 1.